The fourth-order valence-corrected chi connectivity index (χ4v) is 2.35. The molecule has 1 aromatic carbocycles. The highest BCUT2D eigenvalue weighted by Crippen LogP contribution is 2.37. The third kappa shape index (κ3) is 5.27. The molecule has 0 spiro atoms. The Hall–Kier alpha value is -0.550. The van der Waals surface area contributed by atoms with Gasteiger partial charge in [-0.3, -0.25) is 0 Å². The summed E-state index contributed by atoms with van der Waals surface area (Å²) in [6.45, 7) is 5.80. The zero-order valence-corrected chi connectivity index (χ0v) is 15.4. The largest absolute Gasteiger partial charge is 0.463 e. The highest BCUT2D eigenvalue weighted by Gasteiger charge is 2.36. The van der Waals surface area contributed by atoms with Gasteiger partial charge in [-0.2, -0.15) is 10.2 Å². The maximum absolute atomic E-state index is 12.1. The monoisotopic (exact) mass is 384 g/mol. The number of ether oxygens (including phenoxy) is 1. The van der Waals surface area contributed by atoms with Gasteiger partial charge in [0.15, 0.2) is 0 Å². The van der Waals surface area contributed by atoms with Gasteiger partial charge < -0.3 is 4.74 Å². The van der Waals surface area contributed by atoms with Crippen LogP contribution >= 0.6 is 46.4 Å². The summed E-state index contributed by atoms with van der Waals surface area (Å²) in [6, 6.07) is 2.95. The fourth-order valence-electron chi connectivity index (χ4n) is 1.37. The molecule has 1 atom stereocenters. The summed E-state index contributed by atoms with van der Waals surface area (Å²) in [5, 5.41) is 8.59. The second kappa shape index (κ2) is 8.34. The summed E-state index contributed by atoms with van der Waals surface area (Å²) < 4.78 is 5.12. The van der Waals surface area contributed by atoms with Crippen molar-refractivity contribution < 1.29 is 9.53 Å². The zero-order valence-electron chi connectivity index (χ0n) is 12.4. The number of nitrogens with zero attached hydrogens (tertiary/aromatic N) is 2. The maximum Gasteiger partial charge on any atom is 0.351 e. The van der Waals surface area contributed by atoms with Gasteiger partial charge in [-0.25, -0.2) is 4.79 Å². The minimum atomic E-state index is -1.61. The second-order valence-corrected chi connectivity index (χ2v) is 6.90. The molecule has 0 saturated carbocycles. The lowest BCUT2D eigenvalue weighted by molar-refractivity contribution is -0.148. The van der Waals surface area contributed by atoms with Crippen LogP contribution in [-0.2, 0) is 9.53 Å². The van der Waals surface area contributed by atoms with Crippen LogP contribution in [0.4, 0.5) is 5.69 Å². The molecule has 8 heteroatoms. The fraction of sp³-hybridized carbons (Fsp3) is 0.500. The Labute approximate surface area is 149 Å². The van der Waals surface area contributed by atoms with E-state index in [2.05, 4.69) is 10.2 Å². The predicted molar refractivity (Wildman–Crippen MR) is 90.7 cm³/mol. The molecule has 0 radical (unpaired) electrons. The third-order valence-corrected chi connectivity index (χ3v) is 3.91. The molecule has 0 saturated heterocycles. The van der Waals surface area contributed by atoms with Gasteiger partial charge in [-0.15, -0.1) is 0 Å². The lowest BCUT2D eigenvalue weighted by Gasteiger charge is -2.18. The number of hydrogen-bond acceptors (Lipinski definition) is 4. The van der Waals surface area contributed by atoms with Crippen molar-refractivity contribution in [1.29, 1.82) is 0 Å². The van der Waals surface area contributed by atoms with Gasteiger partial charge in [-0.05, 0) is 24.5 Å². The average molecular weight is 386 g/mol. The van der Waals surface area contributed by atoms with Gasteiger partial charge in [0.1, 0.15) is 5.69 Å². The molecule has 0 N–H and O–H groups in total. The lowest BCUT2D eigenvalue weighted by atomic mass is 10.2. The number of azo groups is 1. The molecular formula is C14H16Cl4N2O2. The number of hydrogen-bond donors (Lipinski definition) is 0. The Morgan fingerprint density at radius 1 is 1.27 bits per heavy atom. The molecule has 1 unspecified atom stereocenters. The van der Waals surface area contributed by atoms with E-state index in [0.29, 0.717) is 5.02 Å². The van der Waals surface area contributed by atoms with E-state index in [1.54, 1.807) is 6.92 Å². The van der Waals surface area contributed by atoms with E-state index >= 15 is 0 Å². The van der Waals surface area contributed by atoms with E-state index in [-0.39, 0.29) is 34.7 Å². The first kappa shape index (κ1) is 19.5. The van der Waals surface area contributed by atoms with E-state index in [1.807, 2.05) is 13.8 Å². The molecule has 1 rings (SSSR count). The molecule has 0 fully saturated rings. The van der Waals surface area contributed by atoms with Crippen LogP contribution < -0.4 is 0 Å². The number of carbonyl (C=O) groups excluding carboxylic acids is 1. The second-order valence-electron chi connectivity index (χ2n) is 5.02. The molecule has 1 aromatic rings. The van der Waals surface area contributed by atoms with Crippen molar-refractivity contribution in [3.8, 4) is 0 Å². The van der Waals surface area contributed by atoms with Crippen LogP contribution in [0.5, 0.6) is 0 Å². The summed E-state index contributed by atoms with van der Waals surface area (Å²) in [5.41, 5.74) is 0.197. The van der Waals surface area contributed by atoms with E-state index in [4.69, 9.17) is 51.1 Å². The molecule has 122 valence electrons. The first-order valence-corrected chi connectivity index (χ1v) is 8.14. The topological polar surface area (TPSA) is 51.0 Å². The molecule has 0 aliphatic heterocycles. The normalized spacial score (nSPS) is 14.4. The smallest absolute Gasteiger partial charge is 0.351 e. The van der Waals surface area contributed by atoms with Crippen LogP contribution in [0.15, 0.2) is 22.4 Å². The highest BCUT2D eigenvalue weighted by molar-refractivity contribution is 6.41. The van der Waals surface area contributed by atoms with Gasteiger partial charge in [0.25, 0.3) is 5.00 Å². The number of alkyl halides is 1. The minimum Gasteiger partial charge on any atom is -0.463 e. The summed E-state index contributed by atoms with van der Waals surface area (Å²) >= 11 is 24.0. The van der Waals surface area contributed by atoms with Crippen LogP contribution in [0.25, 0.3) is 0 Å². The standard InChI is InChI=1S/C14H16Cl4N2O2/c1-4-14(18,13(21)22-7-8(2)3)20-19-12-10(16)5-9(15)6-11(12)17/h5-6,8H,4,7H2,1-3H3. The maximum atomic E-state index is 12.1. The molecule has 0 aliphatic carbocycles. The van der Waals surface area contributed by atoms with Crippen molar-refractivity contribution in [2.45, 2.75) is 32.2 Å². The van der Waals surface area contributed by atoms with E-state index in [9.17, 15) is 4.79 Å². The van der Waals surface area contributed by atoms with Crippen LogP contribution in [0.3, 0.4) is 0 Å². The lowest BCUT2D eigenvalue weighted by Crippen LogP contribution is -2.32. The average Bonchev–Trinajstić information content (AvgIpc) is 2.43. The van der Waals surface area contributed by atoms with Gasteiger partial charge in [0, 0.05) is 5.02 Å². The van der Waals surface area contributed by atoms with E-state index < -0.39 is 11.0 Å². The summed E-state index contributed by atoms with van der Waals surface area (Å²) in [7, 11) is 0. The molecule has 0 aliphatic rings. The van der Waals surface area contributed by atoms with Crippen LogP contribution in [0.1, 0.15) is 27.2 Å². The molecule has 22 heavy (non-hydrogen) atoms. The molecule has 0 heterocycles. The number of carbonyl (C=O) groups is 1. The van der Waals surface area contributed by atoms with Gasteiger partial charge >= 0.3 is 5.97 Å². The first-order chi connectivity index (χ1) is 10.2. The predicted octanol–water partition coefficient (Wildman–Crippen LogP) is 6.27. The molecule has 4 nitrogen and oxygen atoms in total. The Kier molecular flexibility index (Phi) is 7.39. The van der Waals surface area contributed by atoms with Gasteiger partial charge in [0.05, 0.1) is 16.7 Å². The molecule has 0 aromatic heterocycles. The first-order valence-electron chi connectivity index (χ1n) is 6.63. The van der Waals surface area contributed by atoms with Crippen molar-refractivity contribution in [2.75, 3.05) is 6.61 Å². The van der Waals surface area contributed by atoms with Crippen molar-refractivity contribution in [2.24, 2.45) is 16.1 Å². The number of esters is 1. The molecular weight excluding hydrogens is 370 g/mol. The summed E-state index contributed by atoms with van der Waals surface area (Å²) in [6.07, 6.45) is 0.206. The quantitative estimate of drug-likeness (QED) is 0.250. The summed E-state index contributed by atoms with van der Waals surface area (Å²) in [4.78, 5) is 10.4. The third-order valence-electron chi connectivity index (χ3n) is 2.62. The number of benzene rings is 1. The van der Waals surface area contributed by atoms with Crippen molar-refractivity contribution in [1.82, 2.24) is 0 Å². The van der Waals surface area contributed by atoms with Gasteiger partial charge in [0.2, 0.25) is 0 Å². The number of halogens is 4. The van der Waals surface area contributed by atoms with E-state index in [0.717, 1.165) is 0 Å². The number of rotatable bonds is 6. The van der Waals surface area contributed by atoms with Crippen LogP contribution in [0, 0.1) is 5.92 Å². The Morgan fingerprint density at radius 3 is 2.27 bits per heavy atom. The van der Waals surface area contributed by atoms with Crippen LogP contribution in [-0.4, -0.2) is 17.6 Å². The van der Waals surface area contributed by atoms with Crippen molar-refractivity contribution in [3.63, 3.8) is 0 Å². The Balaban J connectivity index is 3.00. The Morgan fingerprint density at radius 2 is 1.82 bits per heavy atom. The van der Waals surface area contributed by atoms with E-state index in [1.165, 1.54) is 12.1 Å². The molecule has 0 bridgehead atoms. The van der Waals surface area contributed by atoms with Crippen molar-refractivity contribution >= 4 is 58.1 Å². The minimum absolute atomic E-state index is 0.193. The van der Waals surface area contributed by atoms with Crippen LogP contribution in [0.2, 0.25) is 15.1 Å². The molecule has 0 amide bonds. The SMILES string of the molecule is CCC(Cl)(N=Nc1c(Cl)cc(Cl)cc1Cl)C(=O)OCC(C)C. The summed E-state index contributed by atoms with van der Waals surface area (Å²) in [5.74, 6) is -0.464. The highest BCUT2D eigenvalue weighted by atomic mass is 35.5. The van der Waals surface area contributed by atoms with Gasteiger partial charge in [-0.1, -0.05) is 67.2 Å². The Bertz CT molecular complexity index is 555. The van der Waals surface area contributed by atoms with Crippen molar-refractivity contribution in [3.05, 3.63) is 27.2 Å². The zero-order chi connectivity index (χ0) is 16.9.